The lowest BCUT2D eigenvalue weighted by Gasteiger charge is -2.21. The second-order valence-electron chi connectivity index (χ2n) is 6.25. The number of rotatable bonds is 9. The van der Waals surface area contributed by atoms with E-state index in [2.05, 4.69) is 15.9 Å². The minimum absolute atomic E-state index is 0.329. The summed E-state index contributed by atoms with van der Waals surface area (Å²) in [6, 6.07) is 11.2. The van der Waals surface area contributed by atoms with Crippen molar-refractivity contribution in [1.82, 2.24) is 9.97 Å². The second kappa shape index (κ2) is 9.73. The number of hydrogen-bond acceptors (Lipinski definition) is 7. The van der Waals surface area contributed by atoms with Crippen molar-refractivity contribution >= 4 is 16.7 Å². The average molecular weight is 393 g/mol. The molecule has 2 N–H and O–H groups in total. The third-order valence-corrected chi connectivity index (χ3v) is 4.29. The van der Waals surface area contributed by atoms with E-state index in [4.69, 9.17) is 31.1 Å². The fourth-order valence-electron chi connectivity index (χ4n) is 2.86. The van der Waals surface area contributed by atoms with E-state index in [1.165, 1.54) is 6.33 Å². The molecule has 0 aliphatic rings. The van der Waals surface area contributed by atoms with Gasteiger partial charge in [-0.2, -0.15) is 0 Å². The molecule has 7 heteroatoms. The molecule has 0 radical (unpaired) electrons. The predicted molar refractivity (Wildman–Crippen MR) is 111 cm³/mol. The molecular formula is C22H23N3O4. The lowest BCUT2D eigenvalue weighted by atomic mass is 10.1. The van der Waals surface area contributed by atoms with Gasteiger partial charge in [-0.15, -0.1) is 6.42 Å². The molecule has 0 aliphatic heterocycles. The van der Waals surface area contributed by atoms with Crippen LogP contribution in [0.5, 0.6) is 11.5 Å². The lowest BCUT2D eigenvalue weighted by Crippen LogP contribution is -2.15. The molecule has 150 valence electrons. The number of anilines is 1. The number of aromatic nitrogens is 2. The van der Waals surface area contributed by atoms with Crippen LogP contribution in [0.4, 0.5) is 5.82 Å². The van der Waals surface area contributed by atoms with Crippen molar-refractivity contribution in [1.29, 1.82) is 0 Å². The monoisotopic (exact) mass is 393 g/mol. The van der Waals surface area contributed by atoms with E-state index in [1.54, 1.807) is 26.4 Å². The number of nitrogens with two attached hydrogens (primary N) is 1. The van der Waals surface area contributed by atoms with Crippen LogP contribution in [0.25, 0.3) is 10.9 Å². The highest BCUT2D eigenvalue weighted by Gasteiger charge is 2.18. The van der Waals surface area contributed by atoms with Crippen molar-refractivity contribution in [2.24, 2.45) is 0 Å². The highest BCUT2D eigenvalue weighted by molar-refractivity contribution is 5.90. The number of nitrogen functional groups attached to an aromatic ring is 1. The van der Waals surface area contributed by atoms with Gasteiger partial charge in [-0.05, 0) is 23.8 Å². The summed E-state index contributed by atoms with van der Waals surface area (Å²) < 4.78 is 22.6. The molecule has 0 amide bonds. The van der Waals surface area contributed by atoms with Crippen LogP contribution in [0.15, 0.2) is 42.7 Å². The summed E-state index contributed by atoms with van der Waals surface area (Å²) in [6.07, 6.45) is 6.55. The molecule has 2 aromatic carbocycles. The molecule has 0 bridgehead atoms. The van der Waals surface area contributed by atoms with Crippen molar-refractivity contribution in [2.45, 2.75) is 6.10 Å². The number of terminal acetylenes is 1. The maximum absolute atomic E-state index is 6.29. The molecule has 29 heavy (non-hydrogen) atoms. The first-order valence-corrected chi connectivity index (χ1v) is 9.04. The Morgan fingerprint density at radius 2 is 1.93 bits per heavy atom. The summed E-state index contributed by atoms with van der Waals surface area (Å²) in [4.78, 5) is 8.32. The molecule has 0 spiro atoms. The fraction of sp³-hybridized carbons (Fsp3) is 0.273. The third-order valence-electron chi connectivity index (χ3n) is 4.29. The molecule has 0 fully saturated rings. The Morgan fingerprint density at radius 1 is 1.07 bits per heavy atom. The van der Waals surface area contributed by atoms with Crippen LogP contribution in [0, 0.1) is 12.3 Å². The minimum atomic E-state index is -0.394. The Hall–Kier alpha value is -3.34. The van der Waals surface area contributed by atoms with Gasteiger partial charge in [-0.1, -0.05) is 18.1 Å². The number of methoxy groups -OCH3 is 2. The molecular weight excluding hydrogens is 370 g/mol. The number of hydrogen-bond donors (Lipinski definition) is 1. The van der Waals surface area contributed by atoms with Gasteiger partial charge in [0.1, 0.15) is 24.9 Å². The molecule has 3 rings (SSSR count). The normalized spacial score (nSPS) is 11.8. The first-order chi connectivity index (χ1) is 14.2. The maximum atomic E-state index is 6.29. The summed E-state index contributed by atoms with van der Waals surface area (Å²) in [5.41, 5.74) is 8.31. The zero-order valence-corrected chi connectivity index (χ0v) is 16.4. The predicted octanol–water partition coefficient (Wildman–Crippen LogP) is 2.99. The van der Waals surface area contributed by atoms with Crippen LogP contribution < -0.4 is 15.2 Å². The first kappa shape index (κ1) is 20.4. The molecule has 7 nitrogen and oxygen atoms in total. The Balaban J connectivity index is 2.00. The van der Waals surface area contributed by atoms with E-state index in [0.717, 1.165) is 11.1 Å². The molecule has 1 heterocycles. The van der Waals surface area contributed by atoms with Gasteiger partial charge in [-0.25, -0.2) is 9.97 Å². The highest BCUT2D eigenvalue weighted by Crippen LogP contribution is 2.36. The van der Waals surface area contributed by atoms with Crippen LogP contribution in [-0.2, 0) is 9.47 Å². The van der Waals surface area contributed by atoms with Gasteiger partial charge in [0.25, 0.3) is 0 Å². The van der Waals surface area contributed by atoms with Crippen LogP contribution in [-0.4, -0.2) is 44.0 Å². The highest BCUT2D eigenvalue weighted by atomic mass is 16.6. The number of ether oxygens (including phenoxy) is 4. The molecule has 0 saturated heterocycles. The van der Waals surface area contributed by atoms with Crippen molar-refractivity contribution in [2.75, 3.05) is 39.8 Å². The average Bonchev–Trinajstić information content (AvgIpc) is 2.74. The summed E-state index contributed by atoms with van der Waals surface area (Å²) in [6.45, 7) is 1.12. The smallest absolute Gasteiger partial charge is 0.164 e. The third kappa shape index (κ3) is 4.93. The topological polar surface area (TPSA) is 88.7 Å². The summed E-state index contributed by atoms with van der Waals surface area (Å²) in [7, 11) is 3.23. The molecule has 3 aromatic rings. The maximum Gasteiger partial charge on any atom is 0.164 e. The van der Waals surface area contributed by atoms with Crippen molar-refractivity contribution in [3.63, 3.8) is 0 Å². The van der Waals surface area contributed by atoms with E-state index in [1.807, 2.05) is 24.3 Å². The Labute approximate surface area is 169 Å². The van der Waals surface area contributed by atoms with Gasteiger partial charge in [0.2, 0.25) is 0 Å². The van der Waals surface area contributed by atoms with Gasteiger partial charge < -0.3 is 24.7 Å². The Morgan fingerprint density at radius 3 is 2.69 bits per heavy atom. The lowest BCUT2D eigenvalue weighted by molar-refractivity contribution is 0.0769. The quantitative estimate of drug-likeness (QED) is 0.442. The van der Waals surface area contributed by atoms with Crippen LogP contribution in [0.2, 0.25) is 0 Å². The van der Waals surface area contributed by atoms with Gasteiger partial charge in [0.05, 0.1) is 18.7 Å². The summed E-state index contributed by atoms with van der Waals surface area (Å²) >= 11 is 0. The standard InChI is InChI=1S/C22H23N3O4/c1-4-15-6-5-7-16(10-15)21(13-27-3)29-20-12-18-17(22(23)25-14-24-18)11-19(20)28-9-8-26-2/h1,5-7,10-12,14,21H,8-9,13H2,2-3H3,(H2,23,24,25). The molecule has 0 aliphatic carbocycles. The van der Waals surface area contributed by atoms with Crippen LogP contribution in [0.1, 0.15) is 17.2 Å². The van der Waals surface area contributed by atoms with E-state index >= 15 is 0 Å². The summed E-state index contributed by atoms with van der Waals surface area (Å²) in [5.74, 6) is 4.04. The van der Waals surface area contributed by atoms with Crippen LogP contribution in [0.3, 0.4) is 0 Å². The molecule has 0 saturated carbocycles. The Kier molecular flexibility index (Phi) is 6.85. The second-order valence-corrected chi connectivity index (χ2v) is 6.25. The minimum Gasteiger partial charge on any atom is -0.487 e. The number of benzene rings is 2. The SMILES string of the molecule is C#Cc1cccc(C(COC)Oc2cc3ncnc(N)c3cc2OCCOC)c1. The van der Waals surface area contributed by atoms with E-state index in [0.29, 0.717) is 48.0 Å². The first-order valence-electron chi connectivity index (χ1n) is 9.04. The van der Waals surface area contributed by atoms with E-state index < -0.39 is 6.10 Å². The molecule has 1 atom stereocenters. The van der Waals surface area contributed by atoms with Crippen molar-refractivity contribution in [3.05, 3.63) is 53.9 Å². The van der Waals surface area contributed by atoms with Crippen molar-refractivity contribution < 1.29 is 18.9 Å². The zero-order chi connectivity index (χ0) is 20.6. The van der Waals surface area contributed by atoms with Gasteiger partial charge >= 0.3 is 0 Å². The van der Waals surface area contributed by atoms with Gasteiger partial charge in [0.15, 0.2) is 11.5 Å². The number of fused-ring (bicyclic) bond motifs is 1. The van der Waals surface area contributed by atoms with Crippen LogP contribution >= 0.6 is 0 Å². The Bertz CT molecular complexity index is 1020. The van der Waals surface area contributed by atoms with E-state index in [-0.39, 0.29) is 0 Å². The largest absolute Gasteiger partial charge is 0.487 e. The zero-order valence-electron chi connectivity index (χ0n) is 16.4. The summed E-state index contributed by atoms with van der Waals surface area (Å²) in [5, 5.41) is 0.685. The fourth-order valence-corrected chi connectivity index (χ4v) is 2.86. The van der Waals surface area contributed by atoms with E-state index in [9.17, 15) is 0 Å². The molecule has 1 unspecified atom stereocenters. The van der Waals surface area contributed by atoms with Gasteiger partial charge in [-0.3, -0.25) is 0 Å². The number of nitrogens with zero attached hydrogens (tertiary/aromatic N) is 2. The van der Waals surface area contributed by atoms with Crippen molar-refractivity contribution in [3.8, 4) is 23.8 Å². The van der Waals surface area contributed by atoms with Gasteiger partial charge in [0, 0.05) is 31.2 Å². The molecule has 1 aromatic heterocycles.